The van der Waals surface area contributed by atoms with Crippen LogP contribution in [0.25, 0.3) is 0 Å². The molecule has 1 fully saturated rings. The quantitative estimate of drug-likeness (QED) is 0.797. The van der Waals surface area contributed by atoms with E-state index in [1.54, 1.807) is 24.1 Å². The Morgan fingerprint density at radius 2 is 2.29 bits per heavy atom. The fourth-order valence-electron chi connectivity index (χ4n) is 1.68. The molecule has 0 bridgehead atoms. The van der Waals surface area contributed by atoms with Crippen LogP contribution >= 0.6 is 15.9 Å². The molecule has 4 nitrogen and oxygen atoms in total. The van der Waals surface area contributed by atoms with E-state index in [2.05, 4.69) is 27.0 Å². The van der Waals surface area contributed by atoms with Gasteiger partial charge in [0.2, 0.25) is 5.91 Å². The summed E-state index contributed by atoms with van der Waals surface area (Å²) in [6, 6.07) is 7.43. The molecule has 2 rings (SSSR count). The molecule has 0 aromatic heterocycles. The van der Waals surface area contributed by atoms with Crippen molar-refractivity contribution in [1.29, 1.82) is 5.26 Å². The van der Waals surface area contributed by atoms with Crippen molar-refractivity contribution in [2.24, 2.45) is 4.99 Å². The van der Waals surface area contributed by atoms with Crippen LogP contribution in [0.4, 0.5) is 5.69 Å². The highest BCUT2D eigenvalue weighted by Crippen LogP contribution is 2.29. The van der Waals surface area contributed by atoms with Crippen molar-refractivity contribution in [3.8, 4) is 6.07 Å². The third kappa shape index (κ3) is 2.37. The van der Waals surface area contributed by atoms with Crippen LogP contribution in [0.3, 0.4) is 0 Å². The van der Waals surface area contributed by atoms with E-state index < -0.39 is 0 Å². The highest BCUT2D eigenvalue weighted by atomic mass is 79.9. The van der Waals surface area contributed by atoms with E-state index in [0.29, 0.717) is 24.2 Å². The van der Waals surface area contributed by atoms with Gasteiger partial charge in [-0.25, -0.2) is 0 Å². The maximum Gasteiger partial charge on any atom is 0.228 e. The molecule has 1 amide bonds. The molecule has 86 valence electrons. The van der Waals surface area contributed by atoms with Crippen LogP contribution in [0.1, 0.15) is 12.0 Å². The number of rotatable bonds is 1. The largest absolute Gasteiger partial charge is 0.340 e. The minimum absolute atomic E-state index is 0.0642. The summed E-state index contributed by atoms with van der Waals surface area (Å²) in [6.07, 6.45) is 0.336. The Morgan fingerprint density at radius 3 is 2.88 bits per heavy atom. The van der Waals surface area contributed by atoms with Gasteiger partial charge in [-0.2, -0.15) is 5.26 Å². The molecular weight excluding hydrogens is 282 g/mol. The molecule has 0 spiro atoms. The molecule has 0 aliphatic carbocycles. The molecule has 1 aromatic rings. The van der Waals surface area contributed by atoms with Crippen molar-refractivity contribution in [1.82, 2.24) is 4.90 Å². The summed E-state index contributed by atoms with van der Waals surface area (Å²) in [6.45, 7) is 0.533. The zero-order valence-electron chi connectivity index (χ0n) is 9.27. The Labute approximate surface area is 108 Å². The number of hydrogen-bond donors (Lipinski definition) is 0. The monoisotopic (exact) mass is 291 g/mol. The molecule has 0 N–H and O–H groups in total. The van der Waals surface area contributed by atoms with Gasteiger partial charge in [-0.1, -0.05) is 6.07 Å². The van der Waals surface area contributed by atoms with E-state index in [0.717, 1.165) is 10.2 Å². The Bertz CT molecular complexity index is 545. The molecule has 1 aliphatic rings. The van der Waals surface area contributed by atoms with E-state index in [4.69, 9.17) is 5.26 Å². The summed E-state index contributed by atoms with van der Waals surface area (Å²) < 4.78 is 0.769. The van der Waals surface area contributed by atoms with E-state index in [-0.39, 0.29) is 5.91 Å². The highest BCUT2D eigenvalue weighted by Gasteiger charge is 2.22. The lowest BCUT2D eigenvalue weighted by Crippen LogP contribution is -2.18. The SMILES string of the molecule is CN1CC(=Nc2c(Br)cccc2C#N)CC1=O. The number of aliphatic imine (C=N–C) groups is 1. The standard InChI is InChI=1S/C12H10BrN3O/c1-16-7-9(5-11(16)17)15-12-8(6-14)3-2-4-10(12)13/h2-4H,5,7H2,1H3. The number of carbonyl (C=O) groups excluding carboxylic acids is 1. The van der Waals surface area contributed by atoms with Gasteiger partial charge in [-0.15, -0.1) is 0 Å². The van der Waals surface area contributed by atoms with E-state index >= 15 is 0 Å². The predicted octanol–water partition coefficient (Wildman–Crippen LogP) is 2.26. The van der Waals surface area contributed by atoms with Crippen LogP contribution in [0.15, 0.2) is 27.7 Å². The van der Waals surface area contributed by atoms with Crippen molar-refractivity contribution in [2.45, 2.75) is 6.42 Å². The summed E-state index contributed by atoms with van der Waals surface area (Å²) in [4.78, 5) is 17.4. The van der Waals surface area contributed by atoms with E-state index in [1.807, 2.05) is 6.07 Å². The van der Waals surface area contributed by atoms with Gasteiger partial charge in [0.15, 0.2) is 0 Å². The van der Waals surface area contributed by atoms with Crippen molar-refractivity contribution >= 4 is 33.2 Å². The second-order valence-electron chi connectivity index (χ2n) is 3.85. The number of halogens is 1. The van der Waals surface area contributed by atoms with Crippen molar-refractivity contribution < 1.29 is 4.79 Å². The Hall–Kier alpha value is -1.67. The average molecular weight is 292 g/mol. The van der Waals surface area contributed by atoms with E-state index in [9.17, 15) is 4.79 Å². The Kier molecular flexibility index (Phi) is 3.25. The average Bonchev–Trinajstić information content (AvgIpc) is 2.61. The molecule has 0 saturated carbocycles. The topological polar surface area (TPSA) is 56.5 Å². The molecule has 1 aliphatic heterocycles. The third-order valence-electron chi connectivity index (χ3n) is 2.58. The summed E-state index contributed by atoms with van der Waals surface area (Å²) in [5.41, 5.74) is 1.91. The number of nitriles is 1. The lowest BCUT2D eigenvalue weighted by atomic mass is 10.2. The maximum absolute atomic E-state index is 11.4. The first-order valence-electron chi connectivity index (χ1n) is 5.11. The highest BCUT2D eigenvalue weighted by molar-refractivity contribution is 9.10. The molecular formula is C12H10BrN3O. The number of nitrogens with zero attached hydrogens (tertiary/aromatic N) is 3. The predicted molar refractivity (Wildman–Crippen MR) is 68.2 cm³/mol. The fraction of sp³-hybridized carbons (Fsp3) is 0.250. The number of carbonyl (C=O) groups is 1. The zero-order chi connectivity index (χ0) is 12.4. The van der Waals surface area contributed by atoms with Gasteiger partial charge in [-0.3, -0.25) is 9.79 Å². The molecule has 17 heavy (non-hydrogen) atoms. The lowest BCUT2D eigenvalue weighted by Gasteiger charge is -2.05. The minimum Gasteiger partial charge on any atom is -0.340 e. The van der Waals surface area contributed by atoms with Gasteiger partial charge in [0.1, 0.15) is 6.07 Å². The summed E-state index contributed by atoms with van der Waals surface area (Å²) in [5, 5.41) is 9.00. The van der Waals surface area contributed by atoms with Gasteiger partial charge in [-0.05, 0) is 28.1 Å². The van der Waals surface area contributed by atoms with Gasteiger partial charge in [0.25, 0.3) is 0 Å². The first-order valence-corrected chi connectivity index (χ1v) is 5.90. The summed E-state index contributed by atoms with van der Waals surface area (Å²) in [7, 11) is 1.75. The summed E-state index contributed by atoms with van der Waals surface area (Å²) >= 11 is 3.37. The second kappa shape index (κ2) is 4.68. The third-order valence-corrected chi connectivity index (χ3v) is 3.22. The van der Waals surface area contributed by atoms with Crippen LogP contribution in [0.5, 0.6) is 0 Å². The van der Waals surface area contributed by atoms with Crippen molar-refractivity contribution in [2.75, 3.05) is 13.6 Å². The molecule has 1 heterocycles. The van der Waals surface area contributed by atoms with Crippen LogP contribution in [0.2, 0.25) is 0 Å². The van der Waals surface area contributed by atoms with Gasteiger partial charge in [0, 0.05) is 17.2 Å². The number of hydrogen-bond acceptors (Lipinski definition) is 3. The number of amides is 1. The summed E-state index contributed by atoms with van der Waals surface area (Å²) in [5.74, 6) is 0.0642. The number of para-hydroxylation sites is 1. The Morgan fingerprint density at radius 1 is 1.53 bits per heavy atom. The van der Waals surface area contributed by atoms with Crippen LogP contribution in [-0.4, -0.2) is 30.1 Å². The normalized spacial score (nSPS) is 17.6. The van der Waals surface area contributed by atoms with Crippen molar-refractivity contribution in [3.05, 3.63) is 28.2 Å². The maximum atomic E-state index is 11.4. The van der Waals surface area contributed by atoms with Gasteiger partial charge < -0.3 is 4.90 Å². The molecule has 5 heteroatoms. The lowest BCUT2D eigenvalue weighted by molar-refractivity contribution is -0.126. The molecule has 0 unspecified atom stereocenters. The molecule has 1 saturated heterocycles. The zero-order valence-corrected chi connectivity index (χ0v) is 10.9. The smallest absolute Gasteiger partial charge is 0.228 e. The van der Waals surface area contributed by atoms with E-state index in [1.165, 1.54) is 0 Å². The van der Waals surface area contributed by atoms with Gasteiger partial charge >= 0.3 is 0 Å². The van der Waals surface area contributed by atoms with Crippen LogP contribution < -0.4 is 0 Å². The fourth-order valence-corrected chi connectivity index (χ4v) is 2.13. The number of likely N-dealkylation sites (tertiary alicyclic amines) is 1. The second-order valence-corrected chi connectivity index (χ2v) is 4.71. The molecule has 0 radical (unpaired) electrons. The molecule has 0 atom stereocenters. The van der Waals surface area contributed by atoms with Crippen molar-refractivity contribution in [3.63, 3.8) is 0 Å². The first kappa shape index (κ1) is 11.8. The minimum atomic E-state index is 0.0642. The van der Waals surface area contributed by atoms with Crippen LogP contribution in [0, 0.1) is 11.3 Å². The Balaban J connectivity index is 2.40. The number of benzene rings is 1. The molecule has 1 aromatic carbocycles. The first-order chi connectivity index (χ1) is 8.11. The van der Waals surface area contributed by atoms with Crippen LogP contribution in [-0.2, 0) is 4.79 Å². The van der Waals surface area contributed by atoms with Gasteiger partial charge in [0.05, 0.1) is 24.2 Å².